The highest BCUT2D eigenvalue weighted by atomic mass is 16.2. The molecule has 0 radical (unpaired) electrons. The smallest absolute Gasteiger partial charge is 0.331 e. The lowest BCUT2D eigenvalue weighted by Gasteiger charge is -1.97. The Morgan fingerprint density at radius 1 is 1.80 bits per heavy atom. The van der Waals surface area contributed by atoms with Crippen LogP contribution in [0.15, 0.2) is 12.4 Å². The van der Waals surface area contributed by atoms with Gasteiger partial charge in [0.05, 0.1) is 0 Å². The third-order valence-corrected chi connectivity index (χ3v) is 0.861. The van der Waals surface area contributed by atoms with Crippen molar-refractivity contribution in [2.45, 2.75) is 0 Å². The molecule has 5 N–H and O–H groups in total. The monoisotopic (exact) mass is 141 g/mol. The van der Waals surface area contributed by atoms with Gasteiger partial charge in [-0.15, -0.1) is 0 Å². The normalized spacial score (nSPS) is 8.90. The standard InChI is InChI=1S/C4H7N5O/c5-9-4(10)8-3-6-1-2-7-3/h1-2H,5H2,(H3,6,7,8,9,10). The van der Waals surface area contributed by atoms with E-state index in [1.165, 1.54) is 6.20 Å². The molecule has 1 aromatic heterocycles. The lowest BCUT2D eigenvalue weighted by atomic mass is 10.9. The number of rotatable bonds is 1. The van der Waals surface area contributed by atoms with Crippen molar-refractivity contribution in [2.24, 2.45) is 5.84 Å². The molecule has 0 atom stereocenters. The Balaban J connectivity index is 2.48. The molecule has 1 rings (SSSR count). The van der Waals surface area contributed by atoms with Crippen LogP contribution >= 0.6 is 0 Å². The third kappa shape index (κ3) is 1.46. The van der Waals surface area contributed by atoms with Gasteiger partial charge >= 0.3 is 6.03 Å². The van der Waals surface area contributed by atoms with Crippen LogP contribution in [0.4, 0.5) is 10.7 Å². The molecule has 10 heavy (non-hydrogen) atoms. The highest BCUT2D eigenvalue weighted by molar-refractivity contribution is 5.86. The SMILES string of the molecule is NNC(=O)Nc1ncc[nH]1. The molecule has 6 heteroatoms. The van der Waals surface area contributed by atoms with E-state index in [1.54, 1.807) is 6.20 Å². The molecule has 0 spiro atoms. The second-order valence-corrected chi connectivity index (χ2v) is 1.54. The van der Waals surface area contributed by atoms with E-state index in [9.17, 15) is 4.79 Å². The van der Waals surface area contributed by atoms with Crippen molar-refractivity contribution in [3.63, 3.8) is 0 Å². The minimum atomic E-state index is -0.505. The van der Waals surface area contributed by atoms with Crippen LogP contribution in [0.3, 0.4) is 0 Å². The molecular formula is C4H7N5O. The van der Waals surface area contributed by atoms with E-state index in [0.29, 0.717) is 5.95 Å². The van der Waals surface area contributed by atoms with Crippen molar-refractivity contribution in [2.75, 3.05) is 5.32 Å². The second-order valence-electron chi connectivity index (χ2n) is 1.54. The number of nitrogens with one attached hydrogen (secondary N) is 3. The molecule has 1 heterocycles. The van der Waals surface area contributed by atoms with Crippen LogP contribution in [0.25, 0.3) is 0 Å². The van der Waals surface area contributed by atoms with E-state index in [-0.39, 0.29) is 0 Å². The Kier molecular flexibility index (Phi) is 1.86. The number of carbonyl (C=O) groups excluding carboxylic acids is 1. The van der Waals surface area contributed by atoms with Crippen molar-refractivity contribution in [1.29, 1.82) is 0 Å². The summed E-state index contributed by atoms with van der Waals surface area (Å²) < 4.78 is 0. The van der Waals surface area contributed by atoms with Gasteiger partial charge < -0.3 is 4.98 Å². The van der Waals surface area contributed by atoms with Crippen LogP contribution < -0.4 is 16.6 Å². The number of anilines is 1. The van der Waals surface area contributed by atoms with Crippen LogP contribution in [0.5, 0.6) is 0 Å². The molecule has 0 saturated heterocycles. The van der Waals surface area contributed by atoms with E-state index in [0.717, 1.165) is 0 Å². The molecule has 0 aliphatic carbocycles. The lowest BCUT2D eigenvalue weighted by molar-refractivity contribution is 0.252. The van der Waals surface area contributed by atoms with Crippen LogP contribution in [0, 0.1) is 0 Å². The average molecular weight is 141 g/mol. The van der Waals surface area contributed by atoms with Crippen molar-refractivity contribution < 1.29 is 4.79 Å². The Morgan fingerprint density at radius 3 is 3.10 bits per heavy atom. The van der Waals surface area contributed by atoms with Gasteiger partial charge in [-0.05, 0) is 0 Å². The molecule has 0 saturated carbocycles. The molecule has 0 aliphatic rings. The topological polar surface area (TPSA) is 95.8 Å². The molecule has 0 unspecified atom stereocenters. The molecule has 1 aromatic rings. The van der Waals surface area contributed by atoms with E-state index in [1.807, 2.05) is 5.43 Å². The number of carbonyl (C=O) groups is 1. The maximum absolute atomic E-state index is 10.5. The Hall–Kier alpha value is -1.56. The zero-order valence-corrected chi connectivity index (χ0v) is 5.09. The summed E-state index contributed by atoms with van der Waals surface area (Å²) in [4.78, 5) is 16.9. The number of H-pyrrole nitrogens is 1. The van der Waals surface area contributed by atoms with Crippen molar-refractivity contribution in [1.82, 2.24) is 15.4 Å². The number of amides is 2. The lowest BCUT2D eigenvalue weighted by Crippen LogP contribution is -2.34. The largest absolute Gasteiger partial charge is 0.335 e. The number of nitrogens with two attached hydrogens (primary N) is 1. The highest BCUT2D eigenvalue weighted by Gasteiger charge is 1.97. The first kappa shape index (κ1) is 6.56. The van der Waals surface area contributed by atoms with Gasteiger partial charge in [0, 0.05) is 12.4 Å². The van der Waals surface area contributed by atoms with Crippen LogP contribution in [0.2, 0.25) is 0 Å². The van der Waals surface area contributed by atoms with Gasteiger partial charge in [-0.2, -0.15) is 0 Å². The summed E-state index contributed by atoms with van der Waals surface area (Å²) >= 11 is 0. The molecule has 0 aromatic carbocycles. The van der Waals surface area contributed by atoms with E-state index in [2.05, 4.69) is 15.3 Å². The molecule has 54 valence electrons. The first-order valence-corrected chi connectivity index (χ1v) is 2.60. The Labute approximate surface area is 56.8 Å². The van der Waals surface area contributed by atoms with E-state index in [4.69, 9.17) is 5.84 Å². The maximum atomic E-state index is 10.5. The summed E-state index contributed by atoms with van der Waals surface area (Å²) in [5.41, 5.74) is 1.89. The first-order chi connectivity index (χ1) is 4.83. The molecular weight excluding hydrogens is 134 g/mol. The van der Waals surface area contributed by atoms with Crippen LogP contribution in [-0.4, -0.2) is 16.0 Å². The van der Waals surface area contributed by atoms with Crippen molar-refractivity contribution >= 4 is 12.0 Å². The number of hydrogen-bond acceptors (Lipinski definition) is 3. The third-order valence-electron chi connectivity index (χ3n) is 0.861. The summed E-state index contributed by atoms with van der Waals surface area (Å²) in [6.45, 7) is 0. The Bertz CT molecular complexity index is 205. The average Bonchev–Trinajstić information content (AvgIpc) is 2.40. The second kappa shape index (κ2) is 2.83. The zero-order valence-electron chi connectivity index (χ0n) is 5.09. The highest BCUT2D eigenvalue weighted by Crippen LogP contribution is 1.92. The summed E-state index contributed by atoms with van der Waals surface area (Å²) in [6, 6.07) is -0.505. The molecule has 2 amide bonds. The van der Waals surface area contributed by atoms with Gasteiger partial charge in [0.15, 0.2) is 0 Å². The number of imidazole rings is 1. The van der Waals surface area contributed by atoms with E-state index < -0.39 is 6.03 Å². The summed E-state index contributed by atoms with van der Waals surface area (Å²) in [5, 5.41) is 2.33. The predicted molar refractivity (Wildman–Crippen MR) is 34.9 cm³/mol. The number of aromatic amines is 1. The predicted octanol–water partition coefficient (Wildman–Crippen LogP) is -0.595. The van der Waals surface area contributed by atoms with Crippen LogP contribution in [0.1, 0.15) is 0 Å². The fourth-order valence-electron chi connectivity index (χ4n) is 0.477. The summed E-state index contributed by atoms with van der Waals surface area (Å²) in [7, 11) is 0. The maximum Gasteiger partial charge on any atom is 0.335 e. The quantitative estimate of drug-likeness (QED) is 0.239. The number of urea groups is 1. The zero-order chi connectivity index (χ0) is 7.40. The van der Waals surface area contributed by atoms with Gasteiger partial charge in [-0.3, -0.25) is 10.7 Å². The fraction of sp³-hybridized carbons (Fsp3) is 0. The first-order valence-electron chi connectivity index (χ1n) is 2.60. The van der Waals surface area contributed by atoms with Crippen LogP contribution in [-0.2, 0) is 0 Å². The molecule has 0 aliphatic heterocycles. The van der Waals surface area contributed by atoms with Gasteiger partial charge in [0.25, 0.3) is 0 Å². The minimum Gasteiger partial charge on any atom is -0.331 e. The molecule has 0 bridgehead atoms. The van der Waals surface area contributed by atoms with Gasteiger partial charge in [0.1, 0.15) is 0 Å². The summed E-state index contributed by atoms with van der Waals surface area (Å²) in [5.74, 6) is 5.15. The van der Waals surface area contributed by atoms with Gasteiger partial charge in [0.2, 0.25) is 5.95 Å². The summed E-state index contributed by atoms with van der Waals surface area (Å²) in [6.07, 6.45) is 3.11. The van der Waals surface area contributed by atoms with Gasteiger partial charge in [-0.1, -0.05) is 0 Å². The minimum absolute atomic E-state index is 0.364. The number of hydrazine groups is 1. The molecule has 0 fully saturated rings. The van der Waals surface area contributed by atoms with Crippen molar-refractivity contribution in [3.8, 4) is 0 Å². The Morgan fingerprint density at radius 2 is 2.60 bits per heavy atom. The number of hydrogen-bond donors (Lipinski definition) is 4. The number of nitrogens with zero attached hydrogens (tertiary/aromatic N) is 1. The van der Waals surface area contributed by atoms with E-state index >= 15 is 0 Å². The fourth-order valence-corrected chi connectivity index (χ4v) is 0.477. The van der Waals surface area contributed by atoms with Gasteiger partial charge in [-0.25, -0.2) is 15.6 Å². The molecule has 6 nitrogen and oxygen atoms in total. The van der Waals surface area contributed by atoms with Crippen molar-refractivity contribution in [3.05, 3.63) is 12.4 Å². The number of aromatic nitrogens is 2.